The Bertz CT molecular complexity index is 1040. The summed E-state index contributed by atoms with van der Waals surface area (Å²) in [6.45, 7) is 3.61. The van der Waals surface area contributed by atoms with Gasteiger partial charge in [-0.2, -0.15) is 0 Å². The quantitative estimate of drug-likeness (QED) is 0.644. The van der Waals surface area contributed by atoms with Crippen molar-refractivity contribution < 1.29 is 19.1 Å². The first kappa shape index (κ1) is 21.9. The SMILES string of the molecule is COC(=O)C1=C(C)NC(C)=C(C(=O)OCc2ccccc2)[C@@H]1c1ccc(Cl)cc1Cl. The molecule has 1 heterocycles. The van der Waals surface area contributed by atoms with Gasteiger partial charge in [0, 0.05) is 21.4 Å². The minimum absolute atomic E-state index is 0.105. The normalized spacial score (nSPS) is 16.2. The Morgan fingerprint density at radius 1 is 0.967 bits per heavy atom. The molecule has 0 radical (unpaired) electrons. The molecule has 0 amide bonds. The first-order chi connectivity index (χ1) is 14.3. The van der Waals surface area contributed by atoms with Crippen molar-refractivity contribution in [1.29, 1.82) is 0 Å². The van der Waals surface area contributed by atoms with Gasteiger partial charge in [-0.3, -0.25) is 0 Å². The van der Waals surface area contributed by atoms with Crippen molar-refractivity contribution in [2.75, 3.05) is 7.11 Å². The van der Waals surface area contributed by atoms with E-state index in [9.17, 15) is 9.59 Å². The van der Waals surface area contributed by atoms with E-state index in [0.29, 0.717) is 38.1 Å². The van der Waals surface area contributed by atoms with Crippen LogP contribution in [0.2, 0.25) is 10.0 Å². The molecule has 2 aromatic carbocycles. The number of hydrogen-bond acceptors (Lipinski definition) is 5. The predicted molar refractivity (Wildman–Crippen MR) is 116 cm³/mol. The lowest BCUT2D eigenvalue weighted by atomic mass is 9.80. The Hall–Kier alpha value is -2.76. The molecule has 156 valence electrons. The van der Waals surface area contributed by atoms with Crippen LogP contribution in [0.5, 0.6) is 0 Å². The van der Waals surface area contributed by atoms with Crippen LogP contribution in [-0.2, 0) is 25.7 Å². The van der Waals surface area contributed by atoms with E-state index in [4.69, 9.17) is 32.7 Å². The smallest absolute Gasteiger partial charge is 0.337 e. The Balaban J connectivity index is 2.05. The van der Waals surface area contributed by atoms with Crippen molar-refractivity contribution >= 4 is 35.1 Å². The Labute approximate surface area is 185 Å². The molecule has 1 N–H and O–H groups in total. The van der Waals surface area contributed by atoms with Crippen LogP contribution in [0.3, 0.4) is 0 Å². The summed E-state index contributed by atoms with van der Waals surface area (Å²) < 4.78 is 10.6. The minimum atomic E-state index is -0.758. The van der Waals surface area contributed by atoms with Gasteiger partial charge in [0.25, 0.3) is 0 Å². The highest BCUT2D eigenvalue weighted by molar-refractivity contribution is 6.35. The molecule has 0 saturated carbocycles. The largest absolute Gasteiger partial charge is 0.466 e. The molecule has 3 rings (SSSR count). The molecule has 30 heavy (non-hydrogen) atoms. The summed E-state index contributed by atoms with van der Waals surface area (Å²) in [5.41, 5.74) is 3.16. The van der Waals surface area contributed by atoms with Gasteiger partial charge in [0.15, 0.2) is 0 Å². The molecular formula is C23H21Cl2NO4. The second kappa shape index (κ2) is 9.37. The van der Waals surface area contributed by atoms with Gasteiger partial charge >= 0.3 is 11.9 Å². The van der Waals surface area contributed by atoms with Crippen molar-refractivity contribution in [2.24, 2.45) is 0 Å². The molecule has 1 aliphatic rings. The number of esters is 2. The number of rotatable bonds is 5. The number of halogens is 2. The maximum atomic E-state index is 13.1. The lowest BCUT2D eigenvalue weighted by Gasteiger charge is -2.30. The van der Waals surface area contributed by atoms with Crippen LogP contribution < -0.4 is 5.32 Å². The molecule has 1 aliphatic heterocycles. The van der Waals surface area contributed by atoms with Crippen molar-refractivity contribution in [3.63, 3.8) is 0 Å². The summed E-state index contributed by atoms with van der Waals surface area (Å²) in [5, 5.41) is 3.88. The zero-order valence-electron chi connectivity index (χ0n) is 16.8. The summed E-state index contributed by atoms with van der Waals surface area (Å²) >= 11 is 12.5. The van der Waals surface area contributed by atoms with E-state index in [1.54, 1.807) is 32.0 Å². The summed E-state index contributed by atoms with van der Waals surface area (Å²) in [6, 6.07) is 14.3. The Kier molecular flexibility index (Phi) is 6.85. The zero-order valence-corrected chi connectivity index (χ0v) is 18.3. The third-order valence-corrected chi connectivity index (χ3v) is 5.43. The second-order valence-electron chi connectivity index (χ2n) is 6.85. The highest BCUT2D eigenvalue weighted by Crippen LogP contribution is 2.42. The van der Waals surface area contributed by atoms with E-state index in [-0.39, 0.29) is 6.61 Å². The van der Waals surface area contributed by atoms with Gasteiger partial charge in [0.05, 0.1) is 24.2 Å². The van der Waals surface area contributed by atoms with Crippen LogP contribution in [0.4, 0.5) is 0 Å². The molecule has 2 aromatic rings. The maximum absolute atomic E-state index is 13.1. The van der Waals surface area contributed by atoms with Gasteiger partial charge in [0.1, 0.15) is 6.61 Å². The molecule has 7 heteroatoms. The standard InChI is InChI=1S/C23H21Cl2NO4/c1-13-19(22(27)29-3)21(17-10-9-16(24)11-18(17)25)20(14(2)26-13)23(28)30-12-15-7-5-4-6-8-15/h4-11,21,26H,12H2,1-3H3/t21-/m1/s1. The molecule has 0 unspecified atom stereocenters. The van der Waals surface area contributed by atoms with E-state index in [0.717, 1.165) is 5.56 Å². The van der Waals surface area contributed by atoms with Gasteiger partial charge in [-0.1, -0.05) is 59.6 Å². The van der Waals surface area contributed by atoms with E-state index >= 15 is 0 Å². The van der Waals surface area contributed by atoms with Crippen LogP contribution in [0.1, 0.15) is 30.9 Å². The number of carbonyl (C=O) groups excluding carboxylic acids is 2. The van der Waals surface area contributed by atoms with Gasteiger partial charge in [-0.25, -0.2) is 9.59 Å². The molecule has 5 nitrogen and oxygen atoms in total. The van der Waals surface area contributed by atoms with Crippen LogP contribution >= 0.6 is 23.2 Å². The first-order valence-corrected chi connectivity index (χ1v) is 10.0. The number of nitrogens with one attached hydrogen (secondary N) is 1. The van der Waals surface area contributed by atoms with Gasteiger partial charge in [-0.05, 0) is 37.1 Å². The van der Waals surface area contributed by atoms with Crippen molar-refractivity contribution in [2.45, 2.75) is 26.4 Å². The van der Waals surface area contributed by atoms with E-state index in [2.05, 4.69) is 5.32 Å². The monoisotopic (exact) mass is 445 g/mol. The summed E-state index contributed by atoms with van der Waals surface area (Å²) in [5.74, 6) is -1.86. The van der Waals surface area contributed by atoms with Crippen LogP contribution in [0.25, 0.3) is 0 Å². The molecule has 0 fully saturated rings. The third kappa shape index (κ3) is 4.53. The lowest BCUT2D eigenvalue weighted by molar-refractivity contribution is -0.140. The number of dihydropyridines is 1. The number of ether oxygens (including phenoxy) is 2. The summed E-state index contributed by atoms with van der Waals surface area (Å²) in [7, 11) is 1.29. The predicted octanol–water partition coefficient (Wildman–Crippen LogP) is 5.14. The topological polar surface area (TPSA) is 64.6 Å². The maximum Gasteiger partial charge on any atom is 0.337 e. The molecular weight excluding hydrogens is 425 g/mol. The zero-order chi connectivity index (χ0) is 21.8. The Morgan fingerprint density at radius 2 is 1.60 bits per heavy atom. The van der Waals surface area contributed by atoms with Crippen molar-refractivity contribution in [3.05, 3.63) is 92.2 Å². The Morgan fingerprint density at radius 3 is 2.20 bits per heavy atom. The number of benzene rings is 2. The third-order valence-electron chi connectivity index (χ3n) is 4.87. The van der Waals surface area contributed by atoms with Crippen LogP contribution in [0, 0.1) is 0 Å². The van der Waals surface area contributed by atoms with E-state index in [1.807, 2.05) is 30.3 Å². The fourth-order valence-corrected chi connectivity index (χ4v) is 4.01. The highest BCUT2D eigenvalue weighted by Gasteiger charge is 2.38. The number of hydrogen-bond donors (Lipinski definition) is 1. The van der Waals surface area contributed by atoms with E-state index < -0.39 is 17.9 Å². The second-order valence-corrected chi connectivity index (χ2v) is 7.70. The lowest BCUT2D eigenvalue weighted by Crippen LogP contribution is -2.32. The molecule has 0 saturated heterocycles. The average Bonchev–Trinajstić information content (AvgIpc) is 2.72. The summed E-state index contributed by atoms with van der Waals surface area (Å²) in [6.07, 6.45) is 0. The first-order valence-electron chi connectivity index (χ1n) is 9.26. The minimum Gasteiger partial charge on any atom is -0.466 e. The molecule has 0 aromatic heterocycles. The van der Waals surface area contributed by atoms with Crippen LogP contribution in [0.15, 0.2) is 71.1 Å². The fourth-order valence-electron chi connectivity index (χ4n) is 3.49. The molecule has 1 atom stereocenters. The fraction of sp³-hybridized carbons (Fsp3) is 0.217. The number of allylic oxidation sites excluding steroid dienone is 2. The molecule has 0 aliphatic carbocycles. The van der Waals surface area contributed by atoms with Crippen LogP contribution in [-0.4, -0.2) is 19.0 Å². The van der Waals surface area contributed by atoms with Gasteiger partial charge < -0.3 is 14.8 Å². The van der Waals surface area contributed by atoms with Gasteiger partial charge in [0.2, 0.25) is 0 Å². The number of methoxy groups -OCH3 is 1. The van der Waals surface area contributed by atoms with Gasteiger partial charge in [-0.15, -0.1) is 0 Å². The average molecular weight is 446 g/mol. The van der Waals surface area contributed by atoms with E-state index in [1.165, 1.54) is 7.11 Å². The molecule has 0 spiro atoms. The number of carbonyl (C=O) groups is 2. The summed E-state index contributed by atoms with van der Waals surface area (Å²) in [4.78, 5) is 25.8. The van der Waals surface area contributed by atoms with Crippen molar-refractivity contribution in [3.8, 4) is 0 Å². The highest BCUT2D eigenvalue weighted by atomic mass is 35.5. The van der Waals surface area contributed by atoms with Crippen molar-refractivity contribution in [1.82, 2.24) is 5.32 Å². The molecule has 0 bridgehead atoms.